The van der Waals surface area contributed by atoms with Crippen LogP contribution in [-0.4, -0.2) is 38.4 Å². The third kappa shape index (κ3) is 4.71. The number of benzene rings is 1. The summed E-state index contributed by atoms with van der Waals surface area (Å²) in [5, 5.41) is 2.92. The summed E-state index contributed by atoms with van der Waals surface area (Å²) in [7, 11) is 1.62. The molecule has 122 valence electrons. The highest BCUT2D eigenvalue weighted by molar-refractivity contribution is 5.94. The molecule has 0 unspecified atom stereocenters. The molecular weight excluding hydrogens is 282 g/mol. The summed E-state index contributed by atoms with van der Waals surface area (Å²) in [4.78, 5) is 12.2. The fourth-order valence-corrected chi connectivity index (χ4v) is 2.40. The third-order valence-electron chi connectivity index (χ3n) is 3.63. The maximum Gasteiger partial charge on any atom is 0.251 e. The first-order valence-corrected chi connectivity index (χ1v) is 7.78. The van der Waals surface area contributed by atoms with Crippen LogP contribution in [0.1, 0.15) is 42.6 Å². The van der Waals surface area contributed by atoms with Crippen LogP contribution in [0.2, 0.25) is 0 Å². The molecule has 1 heterocycles. The highest BCUT2D eigenvalue weighted by Gasteiger charge is 2.17. The SMILES string of the molecule is COc1ccc(C(=O)NC[C@H]2CCCO2)cc1COC(C)C. The lowest BCUT2D eigenvalue weighted by atomic mass is 10.1. The molecule has 1 fully saturated rings. The smallest absolute Gasteiger partial charge is 0.251 e. The average molecular weight is 307 g/mol. The van der Waals surface area contributed by atoms with Gasteiger partial charge in [0, 0.05) is 24.3 Å². The minimum absolute atomic E-state index is 0.0936. The van der Waals surface area contributed by atoms with Crippen molar-refractivity contribution < 1.29 is 19.0 Å². The molecule has 1 aliphatic rings. The van der Waals surface area contributed by atoms with Gasteiger partial charge in [-0.05, 0) is 44.9 Å². The molecule has 1 atom stereocenters. The van der Waals surface area contributed by atoms with Gasteiger partial charge >= 0.3 is 0 Å². The molecule has 1 N–H and O–H groups in total. The molecule has 5 nitrogen and oxygen atoms in total. The van der Waals surface area contributed by atoms with E-state index in [1.54, 1.807) is 19.2 Å². The Morgan fingerprint density at radius 1 is 1.45 bits per heavy atom. The largest absolute Gasteiger partial charge is 0.496 e. The maximum absolute atomic E-state index is 12.2. The van der Waals surface area contributed by atoms with Gasteiger partial charge in [-0.25, -0.2) is 0 Å². The molecular formula is C17H25NO4. The highest BCUT2D eigenvalue weighted by Crippen LogP contribution is 2.21. The molecule has 0 aliphatic carbocycles. The molecule has 1 aliphatic heterocycles. The maximum atomic E-state index is 12.2. The molecule has 1 aromatic rings. The van der Waals surface area contributed by atoms with Gasteiger partial charge in [0.2, 0.25) is 0 Å². The van der Waals surface area contributed by atoms with Crippen molar-refractivity contribution in [3.63, 3.8) is 0 Å². The predicted octanol–water partition coefficient (Wildman–Crippen LogP) is 2.53. The number of nitrogens with one attached hydrogen (secondary N) is 1. The highest BCUT2D eigenvalue weighted by atomic mass is 16.5. The molecule has 5 heteroatoms. The van der Waals surface area contributed by atoms with Gasteiger partial charge in [-0.15, -0.1) is 0 Å². The molecule has 0 spiro atoms. The number of hydrogen-bond acceptors (Lipinski definition) is 4. The van der Waals surface area contributed by atoms with E-state index in [2.05, 4.69) is 5.32 Å². The Balaban J connectivity index is 1.99. The van der Waals surface area contributed by atoms with Gasteiger partial charge in [0.25, 0.3) is 5.91 Å². The first kappa shape index (κ1) is 16.8. The second-order valence-electron chi connectivity index (χ2n) is 5.73. The van der Waals surface area contributed by atoms with Crippen LogP contribution in [0.5, 0.6) is 5.75 Å². The summed E-state index contributed by atoms with van der Waals surface area (Å²) in [5.41, 5.74) is 1.49. The van der Waals surface area contributed by atoms with Crippen molar-refractivity contribution in [1.82, 2.24) is 5.32 Å². The number of methoxy groups -OCH3 is 1. The number of carbonyl (C=O) groups is 1. The van der Waals surface area contributed by atoms with Gasteiger partial charge in [-0.1, -0.05) is 0 Å². The van der Waals surface area contributed by atoms with Crippen LogP contribution < -0.4 is 10.1 Å². The van der Waals surface area contributed by atoms with E-state index in [0.29, 0.717) is 18.7 Å². The molecule has 1 saturated heterocycles. The number of hydrogen-bond donors (Lipinski definition) is 1. The van der Waals surface area contributed by atoms with Crippen molar-refractivity contribution in [2.75, 3.05) is 20.3 Å². The summed E-state index contributed by atoms with van der Waals surface area (Å²) in [5.74, 6) is 0.639. The van der Waals surface area contributed by atoms with Crippen LogP contribution in [0.4, 0.5) is 0 Å². The van der Waals surface area contributed by atoms with Crippen LogP contribution in [0, 0.1) is 0 Å². The first-order valence-electron chi connectivity index (χ1n) is 7.78. The van der Waals surface area contributed by atoms with Crippen molar-refractivity contribution in [3.05, 3.63) is 29.3 Å². The number of amides is 1. The zero-order valence-corrected chi connectivity index (χ0v) is 13.6. The van der Waals surface area contributed by atoms with Crippen LogP contribution in [0.25, 0.3) is 0 Å². The van der Waals surface area contributed by atoms with Gasteiger partial charge in [-0.3, -0.25) is 4.79 Å². The Kier molecular flexibility index (Phi) is 6.21. The fraction of sp³-hybridized carbons (Fsp3) is 0.588. The van der Waals surface area contributed by atoms with E-state index in [1.165, 1.54) is 0 Å². The normalized spacial score (nSPS) is 17.7. The predicted molar refractivity (Wildman–Crippen MR) is 84.2 cm³/mol. The quantitative estimate of drug-likeness (QED) is 0.841. The first-order chi connectivity index (χ1) is 10.6. The molecule has 0 aromatic heterocycles. The minimum atomic E-state index is -0.0936. The minimum Gasteiger partial charge on any atom is -0.496 e. The van der Waals surface area contributed by atoms with Crippen molar-refractivity contribution in [3.8, 4) is 5.75 Å². The van der Waals surface area contributed by atoms with Crippen molar-refractivity contribution in [2.45, 2.75) is 45.5 Å². The van der Waals surface area contributed by atoms with Crippen LogP contribution in [0.3, 0.4) is 0 Å². The molecule has 0 bridgehead atoms. The Morgan fingerprint density at radius 2 is 2.27 bits per heavy atom. The van der Waals surface area contributed by atoms with Gasteiger partial charge in [0.1, 0.15) is 5.75 Å². The van der Waals surface area contributed by atoms with Gasteiger partial charge in [0.15, 0.2) is 0 Å². The van der Waals surface area contributed by atoms with E-state index >= 15 is 0 Å². The van der Waals surface area contributed by atoms with E-state index in [0.717, 1.165) is 30.8 Å². The molecule has 2 rings (SSSR count). The van der Waals surface area contributed by atoms with Crippen LogP contribution in [-0.2, 0) is 16.1 Å². The molecule has 1 amide bonds. The second-order valence-corrected chi connectivity index (χ2v) is 5.73. The monoisotopic (exact) mass is 307 g/mol. The van der Waals surface area contributed by atoms with E-state index < -0.39 is 0 Å². The average Bonchev–Trinajstić information content (AvgIpc) is 3.03. The van der Waals surface area contributed by atoms with Gasteiger partial charge in [-0.2, -0.15) is 0 Å². The Morgan fingerprint density at radius 3 is 2.91 bits per heavy atom. The summed E-state index contributed by atoms with van der Waals surface area (Å²) in [6.07, 6.45) is 2.35. The van der Waals surface area contributed by atoms with Crippen molar-refractivity contribution in [2.24, 2.45) is 0 Å². The summed E-state index contributed by atoms with van der Waals surface area (Å²) in [6, 6.07) is 5.40. The van der Waals surface area contributed by atoms with Gasteiger partial charge < -0.3 is 19.5 Å². The lowest BCUT2D eigenvalue weighted by Crippen LogP contribution is -2.31. The van der Waals surface area contributed by atoms with Gasteiger partial charge in [0.05, 0.1) is 25.9 Å². The van der Waals surface area contributed by atoms with E-state index in [-0.39, 0.29) is 18.1 Å². The standard InChI is InChI=1S/C17H25NO4/c1-12(2)22-11-14-9-13(6-7-16(14)20-3)17(19)18-10-15-5-4-8-21-15/h6-7,9,12,15H,4-5,8,10-11H2,1-3H3,(H,18,19)/t15-/m1/s1. The zero-order chi connectivity index (χ0) is 15.9. The zero-order valence-electron chi connectivity index (χ0n) is 13.6. The molecule has 22 heavy (non-hydrogen) atoms. The third-order valence-corrected chi connectivity index (χ3v) is 3.63. The van der Waals surface area contributed by atoms with Crippen LogP contribution in [0.15, 0.2) is 18.2 Å². The van der Waals surface area contributed by atoms with E-state index in [9.17, 15) is 4.79 Å². The van der Waals surface area contributed by atoms with Crippen molar-refractivity contribution >= 4 is 5.91 Å². The summed E-state index contributed by atoms with van der Waals surface area (Å²) in [6.45, 7) is 5.73. The lowest BCUT2D eigenvalue weighted by molar-refractivity contribution is 0.0643. The number of ether oxygens (including phenoxy) is 3. The van der Waals surface area contributed by atoms with Crippen molar-refractivity contribution in [1.29, 1.82) is 0 Å². The second kappa shape index (κ2) is 8.15. The van der Waals surface area contributed by atoms with E-state index in [4.69, 9.17) is 14.2 Å². The lowest BCUT2D eigenvalue weighted by Gasteiger charge is -2.14. The van der Waals surface area contributed by atoms with E-state index in [1.807, 2.05) is 19.9 Å². The molecule has 1 aromatic carbocycles. The number of carbonyl (C=O) groups excluding carboxylic acids is 1. The number of rotatable bonds is 7. The Bertz CT molecular complexity index is 495. The summed E-state index contributed by atoms with van der Waals surface area (Å²) < 4.78 is 16.4. The topological polar surface area (TPSA) is 56.8 Å². The van der Waals surface area contributed by atoms with Crippen LogP contribution >= 0.6 is 0 Å². The Hall–Kier alpha value is -1.59. The Labute approximate surface area is 131 Å². The fourth-order valence-electron chi connectivity index (χ4n) is 2.40. The molecule has 0 radical (unpaired) electrons. The summed E-state index contributed by atoms with van der Waals surface area (Å²) >= 11 is 0. The molecule has 0 saturated carbocycles.